The Balaban J connectivity index is 1.32. The zero-order valence-electron chi connectivity index (χ0n) is 19.7. The van der Waals surface area contributed by atoms with Crippen molar-refractivity contribution in [3.8, 4) is 11.1 Å². The Bertz CT molecular complexity index is 1020. The Hall–Kier alpha value is -3.35. The summed E-state index contributed by atoms with van der Waals surface area (Å²) in [4.78, 5) is 38.5. The lowest BCUT2D eigenvalue weighted by molar-refractivity contribution is -0.147. The molecule has 2 aliphatic rings. The number of carboxylic acids is 1. The summed E-state index contributed by atoms with van der Waals surface area (Å²) >= 11 is 0. The van der Waals surface area contributed by atoms with E-state index in [0.29, 0.717) is 25.8 Å². The van der Waals surface area contributed by atoms with Crippen LogP contribution in [0.25, 0.3) is 11.1 Å². The summed E-state index contributed by atoms with van der Waals surface area (Å²) in [6, 6.07) is 15.9. The van der Waals surface area contributed by atoms with Crippen LogP contribution in [0.15, 0.2) is 48.5 Å². The number of carboxylic acid groups (broad SMARTS) is 1. The van der Waals surface area contributed by atoms with Gasteiger partial charge in [0.15, 0.2) is 0 Å². The number of aliphatic carboxylic acids is 1. The summed E-state index contributed by atoms with van der Waals surface area (Å²) in [6.07, 6.45) is 1.15. The number of hydrogen-bond acceptors (Lipinski definition) is 4. The number of carbonyl (C=O) groups is 3. The van der Waals surface area contributed by atoms with E-state index in [4.69, 9.17) is 4.74 Å². The van der Waals surface area contributed by atoms with E-state index in [0.717, 1.165) is 11.1 Å². The van der Waals surface area contributed by atoms with Crippen molar-refractivity contribution >= 4 is 18.0 Å². The molecule has 3 atom stereocenters. The third kappa shape index (κ3) is 4.93. The van der Waals surface area contributed by atoms with Crippen LogP contribution in [0.2, 0.25) is 0 Å². The lowest BCUT2D eigenvalue weighted by Crippen LogP contribution is -2.48. The van der Waals surface area contributed by atoms with Gasteiger partial charge in [-0.15, -0.1) is 0 Å². The molecule has 2 aromatic carbocycles. The maximum absolute atomic E-state index is 12.9. The molecule has 180 valence electrons. The van der Waals surface area contributed by atoms with Crippen LogP contribution in [0.1, 0.15) is 56.6 Å². The molecular formula is C27H32N2O5. The smallest absolute Gasteiger partial charge is 0.407 e. The molecule has 2 aromatic rings. The highest BCUT2D eigenvalue weighted by Crippen LogP contribution is 2.44. The SMILES string of the molecule is CC[C@@H](CC(=O)N1CC[C@@H](C(=O)O)C[C@H]1C)NC(=O)OCC1c2ccccc2-c2ccccc21. The van der Waals surface area contributed by atoms with Gasteiger partial charge in [0.25, 0.3) is 0 Å². The van der Waals surface area contributed by atoms with Gasteiger partial charge in [0.2, 0.25) is 5.91 Å². The van der Waals surface area contributed by atoms with Gasteiger partial charge >= 0.3 is 12.1 Å². The highest BCUT2D eigenvalue weighted by atomic mass is 16.5. The number of rotatable bonds is 7. The first kappa shape index (κ1) is 23.8. The Morgan fingerprint density at radius 3 is 2.26 bits per heavy atom. The Labute approximate surface area is 200 Å². The minimum atomic E-state index is -0.803. The minimum Gasteiger partial charge on any atom is -0.481 e. The maximum atomic E-state index is 12.9. The van der Waals surface area contributed by atoms with Gasteiger partial charge in [-0.25, -0.2) is 4.79 Å². The summed E-state index contributed by atoms with van der Waals surface area (Å²) in [6.45, 7) is 4.46. The van der Waals surface area contributed by atoms with Crippen molar-refractivity contribution < 1.29 is 24.2 Å². The molecule has 1 fully saturated rings. The second kappa shape index (κ2) is 10.3. The third-order valence-electron chi connectivity index (χ3n) is 7.13. The molecule has 2 amide bonds. The summed E-state index contributed by atoms with van der Waals surface area (Å²) < 4.78 is 5.62. The molecule has 0 saturated carbocycles. The molecule has 1 aliphatic carbocycles. The normalized spacial score (nSPS) is 20.2. The summed E-state index contributed by atoms with van der Waals surface area (Å²) in [5.41, 5.74) is 4.64. The Morgan fingerprint density at radius 1 is 1.09 bits per heavy atom. The monoisotopic (exact) mass is 464 g/mol. The zero-order chi connectivity index (χ0) is 24.2. The fourth-order valence-electron chi connectivity index (χ4n) is 5.20. The van der Waals surface area contributed by atoms with E-state index in [1.165, 1.54) is 11.1 Å². The average molecular weight is 465 g/mol. The van der Waals surface area contributed by atoms with Gasteiger partial charge < -0.3 is 20.1 Å². The van der Waals surface area contributed by atoms with Crippen molar-refractivity contribution in [3.63, 3.8) is 0 Å². The molecule has 0 aromatic heterocycles. The van der Waals surface area contributed by atoms with E-state index in [-0.39, 0.29) is 36.9 Å². The van der Waals surface area contributed by atoms with Crippen molar-refractivity contribution in [1.82, 2.24) is 10.2 Å². The molecular weight excluding hydrogens is 432 g/mol. The van der Waals surface area contributed by atoms with E-state index in [1.807, 2.05) is 38.1 Å². The zero-order valence-corrected chi connectivity index (χ0v) is 19.7. The maximum Gasteiger partial charge on any atom is 0.407 e. The summed E-state index contributed by atoms with van der Waals surface area (Å²) in [5.74, 6) is -1.29. The van der Waals surface area contributed by atoms with Crippen molar-refractivity contribution in [1.29, 1.82) is 0 Å². The number of piperidine rings is 1. The van der Waals surface area contributed by atoms with Gasteiger partial charge in [0, 0.05) is 31.0 Å². The number of carbonyl (C=O) groups excluding carboxylic acids is 2. The fraction of sp³-hybridized carbons (Fsp3) is 0.444. The number of nitrogens with one attached hydrogen (secondary N) is 1. The number of ether oxygens (including phenoxy) is 1. The van der Waals surface area contributed by atoms with Crippen molar-refractivity contribution in [2.24, 2.45) is 5.92 Å². The predicted octanol–water partition coefficient (Wildman–Crippen LogP) is 4.41. The second-order valence-corrected chi connectivity index (χ2v) is 9.27. The van der Waals surface area contributed by atoms with Gasteiger partial charge in [-0.3, -0.25) is 9.59 Å². The van der Waals surface area contributed by atoms with Crippen LogP contribution in [0.4, 0.5) is 4.79 Å². The lowest BCUT2D eigenvalue weighted by atomic mass is 9.91. The first-order valence-electron chi connectivity index (χ1n) is 12.0. The number of nitrogens with zero attached hydrogens (tertiary/aromatic N) is 1. The summed E-state index contributed by atoms with van der Waals surface area (Å²) in [7, 11) is 0. The third-order valence-corrected chi connectivity index (χ3v) is 7.13. The Morgan fingerprint density at radius 2 is 1.71 bits per heavy atom. The van der Waals surface area contributed by atoms with E-state index < -0.39 is 18.0 Å². The number of fused-ring (bicyclic) bond motifs is 3. The van der Waals surface area contributed by atoms with Crippen molar-refractivity contribution in [3.05, 3.63) is 59.7 Å². The molecule has 0 bridgehead atoms. The lowest BCUT2D eigenvalue weighted by Gasteiger charge is -2.37. The molecule has 0 spiro atoms. The predicted molar refractivity (Wildman–Crippen MR) is 128 cm³/mol. The van der Waals surface area contributed by atoms with Crippen LogP contribution in [0.3, 0.4) is 0 Å². The molecule has 7 heteroatoms. The molecule has 1 heterocycles. The number of benzene rings is 2. The number of hydrogen-bond donors (Lipinski definition) is 2. The van der Waals surface area contributed by atoms with Crippen LogP contribution in [0, 0.1) is 5.92 Å². The molecule has 34 heavy (non-hydrogen) atoms. The Kier molecular flexibility index (Phi) is 7.20. The van der Waals surface area contributed by atoms with Gasteiger partial charge in [-0.05, 0) is 48.4 Å². The molecule has 7 nitrogen and oxygen atoms in total. The quantitative estimate of drug-likeness (QED) is 0.633. The number of amides is 2. The topological polar surface area (TPSA) is 95.9 Å². The fourth-order valence-corrected chi connectivity index (χ4v) is 5.20. The molecule has 0 unspecified atom stereocenters. The van der Waals surface area contributed by atoms with Gasteiger partial charge in [0.1, 0.15) is 6.61 Å². The van der Waals surface area contributed by atoms with Crippen LogP contribution < -0.4 is 5.32 Å². The number of likely N-dealkylation sites (tertiary alicyclic amines) is 1. The molecule has 0 radical (unpaired) electrons. The standard InChI is InChI=1S/C27H32N2O5/c1-3-19(15-25(30)29-13-12-18(26(31)32)14-17(29)2)28-27(33)34-16-24-22-10-6-4-8-20(22)21-9-5-7-11-23(21)24/h4-11,17-19,24H,3,12-16H2,1-2H3,(H,28,33)(H,31,32)/t17-,18-,19+/m1/s1. The van der Waals surface area contributed by atoms with Gasteiger partial charge in [-0.1, -0.05) is 55.5 Å². The van der Waals surface area contributed by atoms with Crippen LogP contribution in [0.5, 0.6) is 0 Å². The summed E-state index contributed by atoms with van der Waals surface area (Å²) in [5, 5.41) is 12.1. The van der Waals surface area contributed by atoms with Gasteiger partial charge in [0.05, 0.1) is 5.92 Å². The highest BCUT2D eigenvalue weighted by molar-refractivity contribution is 5.80. The molecule has 4 rings (SSSR count). The average Bonchev–Trinajstić information content (AvgIpc) is 3.15. The largest absolute Gasteiger partial charge is 0.481 e. The second-order valence-electron chi connectivity index (χ2n) is 9.27. The molecule has 1 saturated heterocycles. The van der Waals surface area contributed by atoms with E-state index in [1.54, 1.807) is 4.90 Å². The first-order chi connectivity index (χ1) is 16.4. The highest BCUT2D eigenvalue weighted by Gasteiger charge is 2.33. The molecule has 2 N–H and O–H groups in total. The van der Waals surface area contributed by atoms with Crippen molar-refractivity contribution in [2.45, 2.75) is 57.5 Å². The minimum absolute atomic E-state index is 0.0174. The van der Waals surface area contributed by atoms with Crippen molar-refractivity contribution in [2.75, 3.05) is 13.2 Å². The van der Waals surface area contributed by atoms with Crippen LogP contribution >= 0.6 is 0 Å². The van der Waals surface area contributed by atoms with E-state index >= 15 is 0 Å². The molecule has 1 aliphatic heterocycles. The van der Waals surface area contributed by atoms with E-state index in [9.17, 15) is 19.5 Å². The van der Waals surface area contributed by atoms with Crippen LogP contribution in [-0.2, 0) is 14.3 Å². The number of alkyl carbamates (subject to hydrolysis) is 1. The van der Waals surface area contributed by atoms with E-state index in [2.05, 4.69) is 29.6 Å². The van der Waals surface area contributed by atoms with Crippen LogP contribution in [-0.4, -0.2) is 53.2 Å². The first-order valence-corrected chi connectivity index (χ1v) is 12.0. The van der Waals surface area contributed by atoms with Gasteiger partial charge in [-0.2, -0.15) is 0 Å².